The molecule has 0 radical (unpaired) electrons. The van der Waals surface area contributed by atoms with E-state index in [4.69, 9.17) is 19.7 Å². The van der Waals surface area contributed by atoms with Crippen LogP contribution < -0.4 is 10.1 Å². The maximum atomic E-state index is 6.64. The highest BCUT2D eigenvalue weighted by Crippen LogP contribution is 2.49. The van der Waals surface area contributed by atoms with Crippen LogP contribution in [0.4, 0.5) is 5.69 Å². The number of anilines is 1. The van der Waals surface area contributed by atoms with Gasteiger partial charge in [0.1, 0.15) is 0 Å². The summed E-state index contributed by atoms with van der Waals surface area (Å²) >= 11 is 1.78. The molecule has 0 bridgehead atoms. The van der Waals surface area contributed by atoms with Gasteiger partial charge in [0.05, 0.1) is 5.69 Å². The van der Waals surface area contributed by atoms with Gasteiger partial charge in [-0.25, -0.2) is 15.0 Å². The molecule has 0 amide bonds. The molecule has 1 atom stereocenters. The molecule has 5 nitrogen and oxygen atoms in total. The Kier molecular flexibility index (Phi) is 7.40. The highest BCUT2D eigenvalue weighted by Gasteiger charge is 2.28. The number of hydrogen-bond acceptors (Lipinski definition) is 6. The van der Waals surface area contributed by atoms with E-state index >= 15 is 0 Å². The van der Waals surface area contributed by atoms with Crippen LogP contribution in [0, 0.1) is 0 Å². The van der Waals surface area contributed by atoms with Gasteiger partial charge in [0.2, 0.25) is 0 Å². The van der Waals surface area contributed by atoms with E-state index in [0.29, 0.717) is 17.5 Å². The predicted octanol–water partition coefficient (Wildman–Crippen LogP) is 13.9. The zero-order chi connectivity index (χ0) is 38.2. The molecule has 9 aromatic carbocycles. The van der Waals surface area contributed by atoms with Gasteiger partial charge >= 0.3 is 0 Å². The fraction of sp³-hybridized carbons (Fsp3) is 0.0192. The van der Waals surface area contributed by atoms with Crippen molar-refractivity contribution in [3.05, 3.63) is 188 Å². The molecule has 0 aliphatic carbocycles. The summed E-state index contributed by atoms with van der Waals surface area (Å²) in [5.74, 6) is 2.84. The summed E-state index contributed by atoms with van der Waals surface area (Å²) in [5.41, 5.74) is 7.23. The van der Waals surface area contributed by atoms with Crippen molar-refractivity contribution in [2.45, 2.75) is 6.23 Å². The van der Waals surface area contributed by atoms with E-state index in [1.807, 2.05) is 6.07 Å². The van der Waals surface area contributed by atoms with Gasteiger partial charge in [-0.1, -0.05) is 164 Å². The van der Waals surface area contributed by atoms with E-state index in [0.717, 1.165) is 66.4 Å². The molecule has 11 aromatic rings. The molecule has 1 unspecified atom stereocenters. The molecule has 2 aromatic heterocycles. The van der Waals surface area contributed by atoms with Gasteiger partial charge < -0.3 is 10.1 Å². The monoisotopic (exact) mass is 760 g/mol. The molecule has 58 heavy (non-hydrogen) atoms. The summed E-state index contributed by atoms with van der Waals surface area (Å²) in [6, 6.07) is 63.9. The lowest BCUT2D eigenvalue weighted by Gasteiger charge is -2.12. The Morgan fingerprint density at radius 3 is 1.90 bits per heavy atom. The van der Waals surface area contributed by atoms with Crippen molar-refractivity contribution < 1.29 is 4.74 Å². The van der Waals surface area contributed by atoms with Crippen LogP contribution in [0.2, 0.25) is 0 Å². The van der Waals surface area contributed by atoms with Crippen molar-refractivity contribution in [1.82, 2.24) is 15.0 Å². The second-order valence-electron chi connectivity index (χ2n) is 14.8. The highest BCUT2D eigenvalue weighted by molar-refractivity contribution is 7.26. The van der Waals surface area contributed by atoms with Crippen LogP contribution in [0.25, 0.3) is 97.8 Å². The average Bonchev–Trinajstić information content (AvgIpc) is 3.92. The topological polar surface area (TPSA) is 59.9 Å². The van der Waals surface area contributed by atoms with E-state index in [1.54, 1.807) is 11.3 Å². The van der Waals surface area contributed by atoms with Crippen molar-refractivity contribution in [3.63, 3.8) is 0 Å². The minimum atomic E-state index is -0.261. The molecule has 272 valence electrons. The van der Waals surface area contributed by atoms with E-state index in [-0.39, 0.29) is 6.23 Å². The SMILES string of the molecule is c1ccc(C2Nc3c(c4ccccc4c4ccc(-c5ccc(-c6nc(-c7cccc8ccccc78)nc(-c7cccc8c7sc7ccccc78)n6)cc5)cc34)O2)cc1. The van der Waals surface area contributed by atoms with E-state index in [2.05, 4.69) is 181 Å². The maximum Gasteiger partial charge on any atom is 0.196 e. The summed E-state index contributed by atoms with van der Waals surface area (Å²) in [7, 11) is 0. The molecule has 12 rings (SSSR count). The molecule has 1 aliphatic heterocycles. The summed E-state index contributed by atoms with van der Waals surface area (Å²) in [4.78, 5) is 15.6. The quantitative estimate of drug-likeness (QED) is 0.177. The molecule has 1 aliphatic rings. The minimum absolute atomic E-state index is 0.261. The third-order valence-corrected chi connectivity index (χ3v) is 12.6. The van der Waals surface area contributed by atoms with Gasteiger partial charge in [-0.15, -0.1) is 11.3 Å². The lowest BCUT2D eigenvalue weighted by atomic mass is 9.95. The van der Waals surface area contributed by atoms with Crippen LogP contribution >= 0.6 is 11.3 Å². The predicted molar refractivity (Wildman–Crippen MR) is 240 cm³/mol. The van der Waals surface area contributed by atoms with Gasteiger partial charge in [-0.2, -0.15) is 0 Å². The Bertz CT molecular complexity index is 3410. The normalized spacial score (nSPS) is 13.6. The van der Waals surface area contributed by atoms with Crippen molar-refractivity contribution in [2.75, 3.05) is 5.32 Å². The first-order chi connectivity index (χ1) is 28.7. The Balaban J connectivity index is 0.984. The van der Waals surface area contributed by atoms with Crippen LogP contribution in [0.1, 0.15) is 11.8 Å². The van der Waals surface area contributed by atoms with Crippen molar-refractivity contribution in [1.29, 1.82) is 0 Å². The molecule has 3 heterocycles. The molecule has 0 saturated carbocycles. The number of nitrogens with one attached hydrogen (secondary N) is 1. The van der Waals surface area contributed by atoms with Gasteiger partial charge in [0.25, 0.3) is 0 Å². The molecule has 1 N–H and O–H groups in total. The first kappa shape index (κ1) is 32.8. The van der Waals surface area contributed by atoms with E-state index in [9.17, 15) is 0 Å². The number of nitrogens with zero attached hydrogens (tertiary/aromatic N) is 3. The van der Waals surface area contributed by atoms with E-state index in [1.165, 1.54) is 30.9 Å². The second kappa shape index (κ2) is 13.1. The Labute approximate surface area is 337 Å². The maximum absolute atomic E-state index is 6.64. The zero-order valence-corrected chi connectivity index (χ0v) is 31.9. The number of rotatable bonds is 5. The molecule has 0 saturated heterocycles. The third kappa shape index (κ3) is 5.26. The standard InChI is InChI=1S/C52H32N4OS/c1-2-13-34(14-3-1)52-53-46-44-30-35(28-29-38(44)37-17-6-7-19-40(37)47(46)57-52)31-24-26-33(27-25-31)49-54-50(42-21-10-15-32-12-4-5-16-36(32)42)56-51(55-49)43-22-11-20-41-39-18-8-9-23-45(39)58-48(41)43/h1-30,52-53H. The van der Waals surface area contributed by atoms with Crippen LogP contribution in [0.15, 0.2) is 182 Å². The number of thiophene rings is 1. The first-order valence-corrected chi connectivity index (χ1v) is 20.3. The lowest BCUT2D eigenvalue weighted by Crippen LogP contribution is -2.09. The summed E-state index contributed by atoms with van der Waals surface area (Å²) < 4.78 is 9.06. The van der Waals surface area contributed by atoms with Gasteiger partial charge in [-0.05, 0) is 50.9 Å². The van der Waals surface area contributed by atoms with Crippen molar-refractivity contribution in [2.24, 2.45) is 0 Å². The zero-order valence-electron chi connectivity index (χ0n) is 31.1. The highest BCUT2D eigenvalue weighted by atomic mass is 32.1. The van der Waals surface area contributed by atoms with Crippen LogP contribution in [-0.2, 0) is 0 Å². The van der Waals surface area contributed by atoms with Crippen molar-refractivity contribution >= 4 is 69.5 Å². The number of benzene rings is 9. The molecular weight excluding hydrogens is 729 g/mol. The number of aromatic nitrogens is 3. The minimum Gasteiger partial charge on any atom is -0.464 e. The van der Waals surface area contributed by atoms with Crippen LogP contribution in [0.3, 0.4) is 0 Å². The van der Waals surface area contributed by atoms with Gasteiger partial charge in [0.15, 0.2) is 29.5 Å². The Morgan fingerprint density at radius 1 is 0.431 bits per heavy atom. The summed E-state index contributed by atoms with van der Waals surface area (Å²) in [5, 5.41) is 13.0. The second-order valence-corrected chi connectivity index (χ2v) is 15.8. The van der Waals surface area contributed by atoms with E-state index < -0.39 is 0 Å². The van der Waals surface area contributed by atoms with Crippen LogP contribution in [-0.4, -0.2) is 15.0 Å². The average molecular weight is 761 g/mol. The lowest BCUT2D eigenvalue weighted by molar-refractivity contribution is 0.262. The summed E-state index contributed by atoms with van der Waals surface area (Å²) in [6.07, 6.45) is -0.261. The summed E-state index contributed by atoms with van der Waals surface area (Å²) in [6.45, 7) is 0. The molecule has 0 spiro atoms. The largest absolute Gasteiger partial charge is 0.464 e. The van der Waals surface area contributed by atoms with Gasteiger partial charge in [-0.3, -0.25) is 0 Å². The Hall–Kier alpha value is -7.41. The number of hydrogen-bond donors (Lipinski definition) is 1. The Morgan fingerprint density at radius 2 is 1.03 bits per heavy atom. The number of fused-ring (bicyclic) bond motifs is 10. The number of ether oxygens (including phenoxy) is 1. The first-order valence-electron chi connectivity index (χ1n) is 19.5. The van der Waals surface area contributed by atoms with Crippen LogP contribution in [0.5, 0.6) is 5.75 Å². The fourth-order valence-electron chi connectivity index (χ4n) is 8.56. The fourth-order valence-corrected chi connectivity index (χ4v) is 9.77. The van der Waals surface area contributed by atoms with Gasteiger partial charge in [0, 0.05) is 53.2 Å². The smallest absolute Gasteiger partial charge is 0.196 e. The molecular formula is C52H32N4OS. The molecule has 6 heteroatoms. The third-order valence-electron chi connectivity index (χ3n) is 11.4. The van der Waals surface area contributed by atoms with Crippen molar-refractivity contribution in [3.8, 4) is 51.0 Å². The molecule has 0 fully saturated rings.